The Labute approximate surface area is 138 Å². The molecule has 4 atom stereocenters. The monoisotopic (exact) mass is 330 g/mol. The topological polar surface area (TPSA) is 18.5 Å². The molecule has 2 aliphatic heterocycles. The van der Waals surface area contributed by atoms with Crippen LogP contribution >= 0.6 is 22.7 Å². The van der Waals surface area contributed by atoms with E-state index in [0.29, 0.717) is 23.7 Å². The van der Waals surface area contributed by atoms with Crippen LogP contribution in [0.5, 0.6) is 0 Å². The zero-order valence-corrected chi connectivity index (χ0v) is 13.9. The van der Waals surface area contributed by atoms with Crippen LogP contribution in [0.2, 0.25) is 0 Å². The molecule has 0 aromatic carbocycles. The van der Waals surface area contributed by atoms with E-state index in [2.05, 4.69) is 35.0 Å². The van der Waals surface area contributed by atoms with Gasteiger partial charge in [-0.05, 0) is 40.0 Å². The van der Waals surface area contributed by atoms with Crippen molar-refractivity contribution in [3.63, 3.8) is 0 Å². The average Bonchev–Trinajstić information content (AvgIpc) is 3.32. The summed E-state index contributed by atoms with van der Waals surface area (Å²) >= 11 is 3.79. The molecule has 2 nitrogen and oxygen atoms in total. The maximum absolute atomic E-state index is 5.91. The fourth-order valence-corrected chi connectivity index (χ4v) is 6.36. The van der Waals surface area contributed by atoms with Crippen LogP contribution in [0.15, 0.2) is 46.2 Å². The van der Waals surface area contributed by atoms with Crippen molar-refractivity contribution in [2.75, 3.05) is 26.4 Å². The van der Waals surface area contributed by atoms with Gasteiger partial charge in [0, 0.05) is 27.5 Å². The van der Waals surface area contributed by atoms with E-state index >= 15 is 0 Å². The Balaban J connectivity index is 1.70. The third-order valence-electron chi connectivity index (χ3n) is 5.42. The Kier molecular flexibility index (Phi) is 3.25. The molecule has 3 aliphatic rings. The average molecular weight is 330 g/mol. The Morgan fingerprint density at radius 3 is 2.41 bits per heavy atom. The molecule has 0 bridgehead atoms. The van der Waals surface area contributed by atoms with Gasteiger partial charge in [0.05, 0.1) is 26.4 Å². The normalized spacial score (nSPS) is 34.0. The van der Waals surface area contributed by atoms with E-state index in [-0.39, 0.29) is 0 Å². The maximum atomic E-state index is 5.91. The molecule has 4 heteroatoms. The predicted octanol–water partition coefficient (Wildman–Crippen LogP) is 4.28. The highest BCUT2D eigenvalue weighted by Crippen LogP contribution is 2.56. The van der Waals surface area contributed by atoms with Crippen molar-refractivity contribution < 1.29 is 9.47 Å². The maximum Gasteiger partial charge on any atom is 0.0691 e. The number of thiophene rings is 2. The van der Waals surface area contributed by atoms with E-state index in [4.69, 9.17) is 9.47 Å². The largest absolute Gasteiger partial charge is 0.380 e. The molecule has 2 aromatic heterocycles. The molecule has 0 radical (unpaired) electrons. The SMILES string of the molecule is c1csc([C@H]2[C@@H]3COC[C@H]3C3=C(COC3)[C@H]2c2cccs2)c1. The molecule has 0 unspecified atom stereocenters. The van der Waals surface area contributed by atoms with E-state index in [1.54, 1.807) is 11.1 Å². The summed E-state index contributed by atoms with van der Waals surface area (Å²) in [6.07, 6.45) is 0. The molecular formula is C18H18O2S2. The summed E-state index contributed by atoms with van der Waals surface area (Å²) in [4.78, 5) is 3.00. The van der Waals surface area contributed by atoms with Gasteiger partial charge in [0.25, 0.3) is 0 Å². The van der Waals surface area contributed by atoms with Crippen LogP contribution < -0.4 is 0 Å². The van der Waals surface area contributed by atoms with Gasteiger partial charge < -0.3 is 9.47 Å². The second kappa shape index (κ2) is 5.31. The third-order valence-corrected chi connectivity index (χ3v) is 7.35. The third kappa shape index (κ3) is 1.91. The van der Waals surface area contributed by atoms with Crippen LogP contribution in [0, 0.1) is 11.8 Å². The van der Waals surface area contributed by atoms with E-state index in [9.17, 15) is 0 Å². The van der Waals surface area contributed by atoms with Crippen LogP contribution in [0.1, 0.15) is 21.6 Å². The minimum atomic E-state index is 0.485. The molecule has 0 saturated carbocycles. The van der Waals surface area contributed by atoms with Gasteiger partial charge in [-0.15, -0.1) is 22.7 Å². The summed E-state index contributed by atoms with van der Waals surface area (Å²) in [7, 11) is 0. The van der Waals surface area contributed by atoms with Crippen LogP contribution in [0.4, 0.5) is 0 Å². The highest BCUT2D eigenvalue weighted by molar-refractivity contribution is 7.10. The molecular weight excluding hydrogens is 312 g/mol. The molecule has 1 saturated heterocycles. The van der Waals surface area contributed by atoms with Crippen LogP contribution in [-0.2, 0) is 9.47 Å². The molecule has 0 spiro atoms. The minimum Gasteiger partial charge on any atom is -0.380 e. The van der Waals surface area contributed by atoms with E-state index < -0.39 is 0 Å². The Morgan fingerprint density at radius 1 is 0.864 bits per heavy atom. The fourth-order valence-electron chi connectivity index (χ4n) is 4.51. The van der Waals surface area contributed by atoms with E-state index in [0.717, 1.165) is 26.4 Å². The fraction of sp³-hybridized carbons (Fsp3) is 0.444. The number of ether oxygens (including phenoxy) is 2. The van der Waals surface area contributed by atoms with Crippen molar-refractivity contribution in [3.05, 3.63) is 55.9 Å². The molecule has 1 aliphatic carbocycles. The number of fused-ring (bicyclic) bond motifs is 2. The molecule has 0 N–H and O–H groups in total. The van der Waals surface area contributed by atoms with Crippen molar-refractivity contribution in [1.29, 1.82) is 0 Å². The summed E-state index contributed by atoms with van der Waals surface area (Å²) in [5, 5.41) is 4.41. The van der Waals surface area contributed by atoms with Crippen molar-refractivity contribution in [2.45, 2.75) is 11.8 Å². The van der Waals surface area contributed by atoms with E-state index in [1.165, 1.54) is 9.75 Å². The van der Waals surface area contributed by atoms with Gasteiger partial charge in [0.15, 0.2) is 0 Å². The summed E-state index contributed by atoms with van der Waals surface area (Å²) in [6, 6.07) is 8.98. The molecule has 114 valence electrons. The van der Waals surface area contributed by atoms with Crippen molar-refractivity contribution in [1.82, 2.24) is 0 Å². The standard InChI is InChI=1S/C18H18O2S2/c1-3-15(21-5-1)17-13-9-19-7-11(13)12-8-20-10-14(12)18(17)16-4-2-6-22-16/h1-6,11,13,17-18H,7-10H2/t11-,13+,17+,18-/m0/s1. The second-order valence-electron chi connectivity index (χ2n) is 6.39. The zero-order valence-electron chi connectivity index (χ0n) is 12.2. The lowest BCUT2D eigenvalue weighted by atomic mass is 9.64. The van der Waals surface area contributed by atoms with Gasteiger partial charge in [-0.1, -0.05) is 12.1 Å². The van der Waals surface area contributed by atoms with Crippen LogP contribution in [0.25, 0.3) is 0 Å². The molecule has 4 heterocycles. The van der Waals surface area contributed by atoms with E-state index in [1.807, 2.05) is 22.7 Å². The predicted molar refractivity (Wildman–Crippen MR) is 89.8 cm³/mol. The first kappa shape index (κ1) is 13.5. The van der Waals surface area contributed by atoms with Crippen molar-refractivity contribution in [3.8, 4) is 0 Å². The lowest BCUT2D eigenvalue weighted by Crippen LogP contribution is -2.33. The molecule has 5 rings (SSSR count). The van der Waals surface area contributed by atoms with Gasteiger partial charge >= 0.3 is 0 Å². The summed E-state index contributed by atoms with van der Waals surface area (Å²) < 4.78 is 11.8. The summed E-state index contributed by atoms with van der Waals surface area (Å²) in [5.74, 6) is 2.21. The molecule has 2 aromatic rings. The molecule has 22 heavy (non-hydrogen) atoms. The molecule has 1 fully saturated rings. The van der Waals surface area contributed by atoms with Gasteiger partial charge in [-0.25, -0.2) is 0 Å². The Bertz CT molecular complexity index is 687. The quantitative estimate of drug-likeness (QED) is 0.765. The van der Waals surface area contributed by atoms with Gasteiger partial charge in [-0.3, -0.25) is 0 Å². The summed E-state index contributed by atoms with van der Waals surface area (Å²) in [6.45, 7) is 3.40. The highest BCUT2D eigenvalue weighted by Gasteiger charge is 2.49. The van der Waals surface area contributed by atoms with Gasteiger partial charge in [-0.2, -0.15) is 0 Å². The highest BCUT2D eigenvalue weighted by atomic mass is 32.1. The Morgan fingerprint density at radius 2 is 1.64 bits per heavy atom. The number of rotatable bonds is 2. The summed E-state index contributed by atoms with van der Waals surface area (Å²) in [5.41, 5.74) is 3.10. The minimum absolute atomic E-state index is 0.485. The Hall–Kier alpha value is -0.940. The first-order valence-electron chi connectivity index (χ1n) is 7.87. The second-order valence-corrected chi connectivity index (χ2v) is 8.34. The first-order chi connectivity index (χ1) is 10.9. The number of hydrogen-bond donors (Lipinski definition) is 0. The first-order valence-corrected chi connectivity index (χ1v) is 9.63. The smallest absolute Gasteiger partial charge is 0.0691 e. The van der Waals surface area contributed by atoms with Gasteiger partial charge in [0.1, 0.15) is 0 Å². The zero-order chi connectivity index (χ0) is 14.5. The lowest BCUT2D eigenvalue weighted by molar-refractivity contribution is 0.172. The van der Waals surface area contributed by atoms with Crippen molar-refractivity contribution in [2.24, 2.45) is 11.8 Å². The van der Waals surface area contributed by atoms with Crippen LogP contribution in [-0.4, -0.2) is 26.4 Å². The van der Waals surface area contributed by atoms with Crippen LogP contribution in [0.3, 0.4) is 0 Å². The molecule has 0 amide bonds. The lowest BCUT2D eigenvalue weighted by Gasteiger charge is -2.39. The van der Waals surface area contributed by atoms with Crippen molar-refractivity contribution >= 4 is 22.7 Å². The van der Waals surface area contributed by atoms with Gasteiger partial charge in [0.2, 0.25) is 0 Å². The number of hydrogen-bond acceptors (Lipinski definition) is 4.